The summed E-state index contributed by atoms with van der Waals surface area (Å²) in [6.07, 6.45) is 3.99. The Bertz CT molecular complexity index is 508. The Kier molecular flexibility index (Phi) is 4.93. The van der Waals surface area contributed by atoms with Crippen molar-refractivity contribution in [2.75, 3.05) is 6.54 Å². The summed E-state index contributed by atoms with van der Waals surface area (Å²) in [5.74, 6) is -0.884. The third-order valence-electron chi connectivity index (χ3n) is 3.41. The molecule has 106 valence electrons. The van der Waals surface area contributed by atoms with Gasteiger partial charge in [0.15, 0.2) is 0 Å². The van der Waals surface area contributed by atoms with Gasteiger partial charge in [-0.2, -0.15) is 0 Å². The fourth-order valence-electron chi connectivity index (χ4n) is 2.36. The summed E-state index contributed by atoms with van der Waals surface area (Å²) in [4.78, 5) is 24.9. The zero-order valence-corrected chi connectivity index (χ0v) is 11.4. The lowest BCUT2D eigenvalue weighted by Crippen LogP contribution is -2.31. The number of carbonyl (C=O) groups excluding carboxylic acids is 1. The van der Waals surface area contributed by atoms with E-state index in [2.05, 4.69) is 0 Å². The van der Waals surface area contributed by atoms with Crippen LogP contribution in [-0.4, -0.2) is 28.4 Å². The van der Waals surface area contributed by atoms with Crippen molar-refractivity contribution in [2.45, 2.75) is 32.2 Å². The van der Waals surface area contributed by atoms with Crippen LogP contribution in [0.3, 0.4) is 0 Å². The number of benzene rings is 1. The number of carboxylic acids is 1. The van der Waals surface area contributed by atoms with Crippen LogP contribution >= 0.6 is 0 Å². The first-order valence-corrected chi connectivity index (χ1v) is 6.91. The van der Waals surface area contributed by atoms with Gasteiger partial charge >= 0.3 is 5.97 Å². The molecule has 0 aromatic heterocycles. The number of aliphatic carboxylic acids is 1. The van der Waals surface area contributed by atoms with Gasteiger partial charge in [0.05, 0.1) is 0 Å². The molecule has 1 aliphatic rings. The molecule has 1 amide bonds. The molecule has 0 aliphatic carbocycles. The molecule has 0 radical (unpaired) electrons. The molecule has 0 fully saturated rings. The Morgan fingerprint density at radius 1 is 1.25 bits per heavy atom. The number of rotatable bonds is 5. The highest BCUT2D eigenvalue weighted by atomic mass is 16.4. The van der Waals surface area contributed by atoms with Gasteiger partial charge in [-0.25, -0.2) is 0 Å². The summed E-state index contributed by atoms with van der Waals surface area (Å²) >= 11 is 0. The molecule has 0 unspecified atom stereocenters. The van der Waals surface area contributed by atoms with E-state index >= 15 is 0 Å². The minimum atomic E-state index is -0.863. The SMILES string of the molecule is O=C(O)CCC1=CCCCN(Cc2ccccc2)C1=O. The van der Waals surface area contributed by atoms with Gasteiger partial charge in [-0.15, -0.1) is 0 Å². The monoisotopic (exact) mass is 273 g/mol. The number of amides is 1. The number of allylic oxidation sites excluding steroid dienone is 1. The number of hydrogen-bond acceptors (Lipinski definition) is 2. The fourth-order valence-corrected chi connectivity index (χ4v) is 2.36. The van der Waals surface area contributed by atoms with Gasteiger partial charge in [0.2, 0.25) is 5.91 Å². The lowest BCUT2D eigenvalue weighted by atomic mass is 10.1. The van der Waals surface area contributed by atoms with Crippen LogP contribution in [0.15, 0.2) is 42.0 Å². The number of carboxylic acid groups (broad SMARTS) is 1. The number of hydrogen-bond donors (Lipinski definition) is 1. The van der Waals surface area contributed by atoms with E-state index in [1.54, 1.807) is 0 Å². The highest BCUT2D eigenvalue weighted by Gasteiger charge is 2.21. The molecule has 20 heavy (non-hydrogen) atoms. The quantitative estimate of drug-likeness (QED) is 0.897. The molecule has 0 bridgehead atoms. The van der Waals surface area contributed by atoms with Crippen LogP contribution in [0.4, 0.5) is 0 Å². The van der Waals surface area contributed by atoms with E-state index in [1.807, 2.05) is 41.3 Å². The van der Waals surface area contributed by atoms with Crippen molar-refractivity contribution >= 4 is 11.9 Å². The molecule has 1 aromatic rings. The van der Waals surface area contributed by atoms with Gasteiger partial charge in [-0.1, -0.05) is 36.4 Å². The summed E-state index contributed by atoms with van der Waals surface area (Å²) in [6, 6.07) is 9.86. The fraction of sp³-hybridized carbons (Fsp3) is 0.375. The third kappa shape index (κ3) is 3.95. The zero-order valence-electron chi connectivity index (χ0n) is 11.4. The normalized spacial score (nSPS) is 15.7. The lowest BCUT2D eigenvalue weighted by molar-refractivity contribution is -0.137. The molecule has 0 saturated heterocycles. The highest BCUT2D eigenvalue weighted by molar-refractivity contribution is 5.94. The van der Waals surface area contributed by atoms with Crippen LogP contribution in [0.2, 0.25) is 0 Å². The van der Waals surface area contributed by atoms with Crippen LogP contribution in [0.5, 0.6) is 0 Å². The van der Waals surface area contributed by atoms with Crippen molar-refractivity contribution < 1.29 is 14.7 Å². The molecule has 1 aliphatic heterocycles. The largest absolute Gasteiger partial charge is 0.481 e. The third-order valence-corrected chi connectivity index (χ3v) is 3.41. The smallest absolute Gasteiger partial charge is 0.303 e. The molecule has 0 saturated carbocycles. The van der Waals surface area contributed by atoms with E-state index in [-0.39, 0.29) is 12.3 Å². The molecule has 0 atom stereocenters. The van der Waals surface area contributed by atoms with Gasteiger partial charge < -0.3 is 10.0 Å². The van der Waals surface area contributed by atoms with E-state index in [9.17, 15) is 9.59 Å². The minimum Gasteiger partial charge on any atom is -0.481 e. The van der Waals surface area contributed by atoms with Gasteiger partial charge in [-0.3, -0.25) is 9.59 Å². The van der Waals surface area contributed by atoms with E-state index in [0.29, 0.717) is 18.5 Å². The van der Waals surface area contributed by atoms with Crippen molar-refractivity contribution in [1.29, 1.82) is 0 Å². The molecule has 1 N–H and O–H groups in total. The van der Waals surface area contributed by atoms with Crippen molar-refractivity contribution in [3.8, 4) is 0 Å². The summed E-state index contributed by atoms with van der Waals surface area (Å²) in [7, 11) is 0. The van der Waals surface area contributed by atoms with Crippen LogP contribution < -0.4 is 0 Å². The van der Waals surface area contributed by atoms with Gasteiger partial charge in [0.1, 0.15) is 0 Å². The summed E-state index contributed by atoms with van der Waals surface area (Å²) < 4.78 is 0. The first-order chi connectivity index (χ1) is 9.66. The van der Waals surface area contributed by atoms with Crippen molar-refractivity contribution in [1.82, 2.24) is 4.90 Å². The zero-order chi connectivity index (χ0) is 14.4. The second kappa shape index (κ2) is 6.89. The highest BCUT2D eigenvalue weighted by Crippen LogP contribution is 2.18. The van der Waals surface area contributed by atoms with Gasteiger partial charge in [-0.05, 0) is 24.8 Å². The molecule has 0 spiro atoms. The standard InChI is InChI=1S/C16H19NO3/c18-15(19)10-9-14-8-4-5-11-17(16(14)20)12-13-6-2-1-3-7-13/h1-3,6-8H,4-5,9-12H2,(H,18,19). The first-order valence-electron chi connectivity index (χ1n) is 6.91. The van der Waals surface area contributed by atoms with Crippen LogP contribution in [-0.2, 0) is 16.1 Å². The Labute approximate surface area is 118 Å². The molecule has 1 heterocycles. The molecule has 4 nitrogen and oxygen atoms in total. The van der Waals surface area contributed by atoms with Crippen molar-refractivity contribution in [3.63, 3.8) is 0 Å². The average molecular weight is 273 g/mol. The van der Waals surface area contributed by atoms with Crippen LogP contribution in [0, 0.1) is 0 Å². The van der Waals surface area contributed by atoms with Crippen LogP contribution in [0.25, 0.3) is 0 Å². The van der Waals surface area contributed by atoms with E-state index in [1.165, 1.54) is 0 Å². The molecule has 4 heteroatoms. The maximum absolute atomic E-state index is 12.4. The first kappa shape index (κ1) is 14.3. The molecular formula is C16H19NO3. The lowest BCUT2D eigenvalue weighted by Gasteiger charge is -2.22. The predicted octanol–water partition coefficient (Wildman–Crippen LogP) is 2.60. The Hall–Kier alpha value is -2.10. The molecular weight excluding hydrogens is 254 g/mol. The maximum Gasteiger partial charge on any atom is 0.303 e. The van der Waals surface area contributed by atoms with Gasteiger partial charge in [0, 0.05) is 25.1 Å². The van der Waals surface area contributed by atoms with E-state index in [0.717, 1.165) is 24.9 Å². The van der Waals surface area contributed by atoms with Crippen LogP contribution in [0.1, 0.15) is 31.2 Å². The Morgan fingerprint density at radius 3 is 2.70 bits per heavy atom. The average Bonchev–Trinajstić information content (AvgIpc) is 2.61. The molecule has 1 aromatic carbocycles. The summed E-state index contributed by atoms with van der Waals surface area (Å²) in [5.41, 5.74) is 1.74. The predicted molar refractivity (Wildman–Crippen MR) is 76.0 cm³/mol. The minimum absolute atomic E-state index is 0.0107. The summed E-state index contributed by atoms with van der Waals surface area (Å²) in [5, 5.41) is 8.75. The summed E-state index contributed by atoms with van der Waals surface area (Å²) in [6.45, 7) is 1.31. The Morgan fingerprint density at radius 2 is 2.00 bits per heavy atom. The second-order valence-electron chi connectivity index (χ2n) is 4.98. The topological polar surface area (TPSA) is 57.6 Å². The second-order valence-corrected chi connectivity index (χ2v) is 4.98. The van der Waals surface area contributed by atoms with Crippen molar-refractivity contribution in [2.24, 2.45) is 0 Å². The number of carbonyl (C=O) groups is 2. The molecule has 2 rings (SSSR count). The van der Waals surface area contributed by atoms with Gasteiger partial charge in [0.25, 0.3) is 0 Å². The number of nitrogens with zero attached hydrogens (tertiary/aromatic N) is 1. The maximum atomic E-state index is 12.4. The Balaban J connectivity index is 2.04. The van der Waals surface area contributed by atoms with E-state index < -0.39 is 5.97 Å². The van der Waals surface area contributed by atoms with Crippen molar-refractivity contribution in [3.05, 3.63) is 47.5 Å². The van der Waals surface area contributed by atoms with E-state index in [4.69, 9.17) is 5.11 Å².